The number of nitriles is 2. The Labute approximate surface area is 133 Å². The second-order valence-electron chi connectivity index (χ2n) is 5.36. The van der Waals surface area contributed by atoms with Crippen LogP contribution < -0.4 is 16.0 Å². The third kappa shape index (κ3) is 3.02. The van der Waals surface area contributed by atoms with Crippen LogP contribution in [0.5, 0.6) is 5.75 Å². The molecule has 23 heavy (non-hydrogen) atoms. The molecule has 1 aromatic heterocycles. The molecule has 0 aliphatic rings. The molecule has 0 unspecified atom stereocenters. The van der Waals surface area contributed by atoms with Gasteiger partial charge < -0.3 is 15.5 Å². The van der Waals surface area contributed by atoms with Gasteiger partial charge in [-0.05, 0) is 44.0 Å². The number of rotatable bonds is 3. The van der Waals surface area contributed by atoms with Gasteiger partial charge in [-0.3, -0.25) is 4.79 Å². The van der Waals surface area contributed by atoms with Crippen LogP contribution in [-0.4, -0.2) is 11.1 Å². The summed E-state index contributed by atoms with van der Waals surface area (Å²) in [7, 11) is 0. The molecule has 2 rings (SSSR count). The summed E-state index contributed by atoms with van der Waals surface area (Å²) in [6, 6.07) is 9.04. The molecule has 0 aliphatic carbocycles. The molecule has 116 valence electrons. The molecule has 0 saturated heterocycles. The van der Waals surface area contributed by atoms with E-state index in [1.54, 1.807) is 18.2 Å². The van der Waals surface area contributed by atoms with Gasteiger partial charge in [0.1, 0.15) is 34.8 Å². The minimum absolute atomic E-state index is 0.0269. The van der Waals surface area contributed by atoms with Crippen molar-refractivity contribution in [3.63, 3.8) is 0 Å². The number of benzene rings is 1. The second-order valence-corrected chi connectivity index (χ2v) is 5.36. The fourth-order valence-electron chi connectivity index (χ4n) is 2.32. The minimum atomic E-state index is -0.612. The zero-order valence-corrected chi connectivity index (χ0v) is 13.1. The number of aryl methyl sites for hydroxylation is 1. The van der Waals surface area contributed by atoms with Gasteiger partial charge in [-0.1, -0.05) is 6.07 Å². The molecule has 6 heteroatoms. The molecule has 6 nitrogen and oxygen atoms in total. The molecular formula is C17H16N4O2. The van der Waals surface area contributed by atoms with Gasteiger partial charge in [0.2, 0.25) is 0 Å². The SMILES string of the molecule is Cc1cc(-c2c(C#N)c(N)[nH]c(=O)c2C#N)ccc1OC(C)C. The predicted molar refractivity (Wildman–Crippen MR) is 86.8 cm³/mol. The van der Waals surface area contributed by atoms with Crippen LogP contribution in [-0.2, 0) is 0 Å². The van der Waals surface area contributed by atoms with E-state index in [1.165, 1.54) is 0 Å². The number of nitrogens with zero attached hydrogens (tertiary/aromatic N) is 2. The summed E-state index contributed by atoms with van der Waals surface area (Å²) in [5.41, 5.74) is 6.71. The van der Waals surface area contributed by atoms with E-state index in [0.29, 0.717) is 11.3 Å². The Morgan fingerprint density at radius 3 is 2.39 bits per heavy atom. The van der Waals surface area contributed by atoms with E-state index in [4.69, 9.17) is 10.5 Å². The maximum absolute atomic E-state index is 11.9. The van der Waals surface area contributed by atoms with Crippen LogP contribution >= 0.6 is 0 Å². The number of anilines is 1. The highest BCUT2D eigenvalue weighted by molar-refractivity contribution is 5.80. The summed E-state index contributed by atoms with van der Waals surface area (Å²) >= 11 is 0. The Hall–Kier alpha value is -3.25. The Kier molecular flexibility index (Phi) is 4.38. The highest BCUT2D eigenvalue weighted by atomic mass is 16.5. The molecule has 3 N–H and O–H groups in total. The summed E-state index contributed by atoms with van der Waals surface area (Å²) in [5.74, 6) is 0.658. The van der Waals surface area contributed by atoms with Gasteiger partial charge in [-0.15, -0.1) is 0 Å². The van der Waals surface area contributed by atoms with Crippen molar-refractivity contribution in [2.24, 2.45) is 0 Å². The molecule has 0 amide bonds. The van der Waals surface area contributed by atoms with Gasteiger partial charge in [0.15, 0.2) is 0 Å². The van der Waals surface area contributed by atoms with Gasteiger partial charge in [0.25, 0.3) is 5.56 Å². The topological polar surface area (TPSA) is 116 Å². The molecule has 2 aromatic rings. The van der Waals surface area contributed by atoms with Crippen LogP contribution in [0.2, 0.25) is 0 Å². The molecule has 0 radical (unpaired) electrons. The summed E-state index contributed by atoms with van der Waals surface area (Å²) in [5, 5.41) is 18.6. The van der Waals surface area contributed by atoms with Crippen molar-refractivity contribution in [2.45, 2.75) is 26.9 Å². The largest absolute Gasteiger partial charge is 0.491 e. The van der Waals surface area contributed by atoms with Gasteiger partial charge in [-0.25, -0.2) is 0 Å². The van der Waals surface area contributed by atoms with E-state index in [-0.39, 0.29) is 28.6 Å². The number of nitrogens with one attached hydrogen (secondary N) is 1. The highest BCUT2D eigenvalue weighted by Gasteiger charge is 2.18. The van der Waals surface area contributed by atoms with E-state index in [0.717, 1.165) is 5.56 Å². The van der Waals surface area contributed by atoms with Crippen molar-refractivity contribution < 1.29 is 4.74 Å². The molecule has 1 heterocycles. The van der Waals surface area contributed by atoms with Crippen LogP contribution in [0.15, 0.2) is 23.0 Å². The van der Waals surface area contributed by atoms with Crippen molar-refractivity contribution in [3.8, 4) is 29.0 Å². The Balaban J connectivity index is 2.73. The van der Waals surface area contributed by atoms with Gasteiger partial charge in [0.05, 0.1) is 6.10 Å². The molecule has 0 saturated carbocycles. The number of H-pyrrole nitrogens is 1. The van der Waals surface area contributed by atoms with Gasteiger partial charge >= 0.3 is 0 Å². The summed E-state index contributed by atoms with van der Waals surface area (Å²) in [6.45, 7) is 5.70. The molecule has 0 spiro atoms. The fraction of sp³-hybridized carbons (Fsp3) is 0.235. The van der Waals surface area contributed by atoms with Crippen molar-refractivity contribution in [1.29, 1.82) is 10.5 Å². The molecule has 0 bridgehead atoms. The predicted octanol–water partition coefficient (Wildman–Crippen LogP) is 2.46. The lowest BCUT2D eigenvalue weighted by Gasteiger charge is -2.14. The lowest BCUT2D eigenvalue weighted by molar-refractivity contribution is 0.241. The average Bonchev–Trinajstić information content (AvgIpc) is 2.48. The van der Waals surface area contributed by atoms with Crippen LogP contribution in [0.3, 0.4) is 0 Å². The Morgan fingerprint density at radius 2 is 1.87 bits per heavy atom. The standard InChI is InChI=1S/C17H16N4O2/c1-9(2)23-14-5-4-11(6-10(14)3)15-12(7-18)16(20)21-17(22)13(15)8-19/h4-6,9H,1-3H3,(H3,20,21,22). The quantitative estimate of drug-likeness (QED) is 0.903. The van der Waals surface area contributed by atoms with Crippen LogP contribution in [0.25, 0.3) is 11.1 Å². The van der Waals surface area contributed by atoms with Crippen molar-refractivity contribution in [2.75, 3.05) is 5.73 Å². The number of nitrogens with two attached hydrogens (primary N) is 1. The number of ether oxygens (including phenoxy) is 1. The number of hydrogen-bond acceptors (Lipinski definition) is 5. The fourth-order valence-corrected chi connectivity index (χ4v) is 2.32. The third-order valence-electron chi connectivity index (χ3n) is 3.29. The first-order chi connectivity index (χ1) is 10.9. The number of aromatic amines is 1. The Bertz CT molecular complexity index is 899. The smallest absolute Gasteiger partial charge is 0.268 e. The Morgan fingerprint density at radius 1 is 1.22 bits per heavy atom. The van der Waals surface area contributed by atoms with Crippen molar-refractivity contribution >= 4 is 5.82 Å². The summed E-state index contributed by atoms with van der Waals surface area (Å²) < 4.78 is 5.67. The first-order valence-electron chi connectivity index (χ1n) is 7.02. The monoisotopic (exact) mass is 308 g/mol. The normalized spacial score (nSPS) is 10.2. The van der Waals surface area contributed by atoms with Crippen LogP contribution in [0.1, 0.15) is 30.5 Å². The average molecular weight is 308 g/mol. The molecular weight excluding hydrogens is 292 g/mol. The second kappa shape index (κ2) is 6.25. The van der Waals surface area contributed by atoms with Crippen LogP contribution in [0, 0.1) is 29.6 Å². The van der Waals surface area contributed by atoms with E-state index in [2.05, 4.69) is 4.98 Å². The minimum Gasteiger partial charge on any atom is -0.491 e. The number of aromatic nitrogens is 1. The highest BCUT2D eigenvalue weighted by Crippen LogP contribution is 2.31. The van der Waals surface area contributed by atoms with Crippen molar-refractivity contribution in [3.05, 3.63) is 45.2 Å². The van der Waals surface area contributed by atoms with Gasteiger partial charge in [-0.2, -0.15) is 10.5 Å². The maximum atomic E-state index is 11.9. The zero-order chi connectivity index (χ0) is 17.1. The van der Waals surface area contributed by atoms with E-state index in [9.17, 15) is 15.3 Å². The van der Waals surface area contributed by atoms with E-state index in [1.807, 2.05) is 32.9 Å². The molecule has 0 atom stereocenters. The first kappa shape index (κ1) is 16.1. The molecule has 1 aromatic carbocycles. The summed E-state index contributed by atoms with van der Waals surface area (Å²) in [4.78, 5) is 14.3. The number of pyridine rings is 1. The van der Waals surface area contributed by atoms with Gasteiger partial charge in [0, 0.05) is 5.56 Å². The zero-order valence-electron chi connectivity index (χ0n) is 13.1. The van der Waals surface area contributed by atoms with E-state index >= 15 is 0 Å². The lowest BCUT2D eigenvalue weighted by Crippen LogP contribution is -2.16. The van der Waals surface area contributed by atoms with E-state index < -0.39 is 5.56 Å². The van der Waals surface area contributed by atoms with Crippen molar-refractivity contribution in [1.82, 2.24) is 4.98 Å². The lowest BCUT2D eigenvalue weighted by atomic mass is 9.95. The first-order valence-corrected chi connectivity index (χ1v) is 7.02. The molecule has 0 fully saturated rings. The maximum Gasteiger partial charge on any atom is 0.268 e. The summed E-state index contributed by atoms with van der Waals surface area (Å²) in [6.07, 6.45) is 0.0269. The third-order valence-corrected chi connectivity index (χ3v) is 3.29. The number of nitrogen functional groups attached to an aromatic ring is 1. The number of hydrogen-bond donors (Lipinski definition) is 2. The molecule has 0 aliphatic heterocycles. The van der Waals surface area contributed by atoms with Crippen LogP contribution in [0.4, 0.5) is 5.82 Å².